The molecular weight excluding hydrogens is 470 g/mol. The van der Waals surface area contributed by atoms with Crippen LogP contribution < -0.4 is 9.64 Å². The number of ether oxygens (including phenoxy) is 2. The van der Waals surface area contributed by atoms with E-state index in [0.717, 1.165) is 73.6 Å². The van der Waals surface area contributed by atoms with Crippen LogP contribution in [-0.2, 0) is 4.74 Å². The molecule has 1 fully saturated rings. The summed E-state index contributed by atoms with van der Waals surface area (Å²) in [6, 6.07) is 11.3. The minimum atomic E-state index is -0.0615. The van der Waals surface area contributed by atoms with Gasteiger partial charge in [0.1, 0.15) is 5.75 Å². The zero-order chi connectivity index (χ0) is 23.9. The van der Waals surface area contributed by atoms with Gasteiger partial charge < -0.3 is 9.47 Å². The van der Waals surface area contributed by atoms with Gasteiger partial charge in [-0.1, -0.05) is 42.7 Å². The van der Waals surface area contributed by atoms with Crippen LogP contribution in [0.1, 0.15) is 42.1 Å². The van der Waals surface area contributed by atoms with Gasteiger partial charge in [-0.15, -0.1) is 0 Å². The summed E-state index contributed by atoms with van der Waals surface area (Å²) in [5, 5.41) is 1.37. The minimum absolute atomic E-state index is 0.0615. The number of unbranched alkanes of at least 4 members (excludes halogenated alkanes) is 2. The van der Waals surface area contributed by atoms with Crippen molar-refractivity contribution in [1.82, 2.24) is 9.88 Å². The smallest absolute Gasteiger partial charge is 0.260 e. The second-order valence-corrected chi connectivity index (χ2v) is 10.0. The van der Waals surface area contributed by atoms with Gasteiger partial charge in [0.2, 0.25) is 0 Å². The molecule has 8 heteroatoms. The molecule has 2 aromatic carbocycles. The summed E-state index contributed by atoms with van der Waals surface area (Å²) in [5.41, 5.74) is 2.52. The van der Waals surface area contributed by atoms with E-state index in [4.69, 9.17) is 26.1 Å². The Morgan fingerprint density at radius 3 is 2.71 bits per heavy atom. The molecule has 0 aliphatic carbocycles. The van der Waals surface area contributed by atoms with Gasteiger partial charge in [0.25, 0.3) is 5.91 Å². The molecule has 0 atom stereocenters. The normalized spacial score (nSPS) is 14.4. The number of anilines is 1. The van der Waals surface area contributed by atoms with E-state index in [2.05, 4.69) is 11.8 Å². The Hall–Kier alpha value is -2.19. The number of fused-ring (bicyclic) bond motifs is 1. The molecule has 2 heterocycles. The molecule has 1 aliphatic rings. The lowest BCUT2D eigenvalue weighted by atomic mass is 10.2. The van der Waals surface area contributed by atoms with Gasteiger partial charge in [0.05, 0.1) is 30.0 Å². The van der Waals surface area contributed by atoms with E-state index >= 15 is 0 Å². The highest BCUT2D eigenvalue weighted by Gasteiger charge is 2.23. The number of amides is 1. The molecule has 4 rings (SSSR count). The van der Waals surface area contributed by atoms with Crippen LogP contribution in [0.5, 0.6) is 5.75 Å². The van der Waals surface area contributed by atoms with Gasteiger partial charge in [0, 0.05) is 36.8 Å². The Kier molecular flexibility index (Phi) is 8.78. The Bertz CT molecular complexity index is 1100. The van der Waals surface area contributed by atoms with E-state index in [1.165, 1.54) is 11.3 Å². The lowest BCUT2D eigenvalue weighted by molar-refractivity contribution is 0.0391. The highest BCUT2D eigenvalue weighted by molar-refractivity contribution is 7.22. The Morgan fingerprint density at radius 2 is 1.97 bits per heavy atom. The largest absolute Gasteiger partial charge is 0.494 e. The third-order valence-electron chi connectivity index (χ3n) is 5.98. The van der Waals surface area contributed by atoms with Crippen LogP contribution in [0.3, 0.4) is 0 Å². The number of aryl methyl sites for hydroxylation is 1. The van der Waals surface area contributed by atoms with Crippen molar-refractivity contribution in [1.29, 1.82) is 0 Å². The van der Waals surface area contributed by atoms with Crippen molar-refractivity contribution in [2.45, 2.75) is 33.1 Å². The predicted molar refractivity (Wildman–Crippen MR) is 140 cm³/mol. The summed E-state index contributed by atoms with van der Waals surface area (Å²) in [6.07, 6.45) is 3.35. The number of hydrogen-bond acceptors (Lipinski definition) is 6. The van der Waals surface area contributed by atoms with Crippen LogP contribution in [-0.4, -0.2) is 61.8 Å². The fourth-order valence-electron chi connectivity index (χ4n) is 4.00. The molecule has 3 aromatic rings. The Balaban J connectivity index is 1.54. The topological polar surface area (TPSA) is 54.9 Å². The average molecular weight is 502 g/mol. The molecule has 0 bridgehead atoms. The lowest BCUT2D eigenvalue weighted by Gasteiger charge is -2.29. The van der Waals surface area contributed by atoms with Crippen molar-refractivity contribution >= 4 is 44.2 Å². The molecule has 0 saturated carbocycles. The fourth-order valence-corrected chi connectivity index (χ4v) is 5.44. The second-order valence-electron chi connectivity index (χ2n) is 8.56. The SMILES string of the molecule is CCCCCOc1ccc(C(=O)N(CCN2CCOCC2)c2nc3c(C)cc(Cl)cc3s2)cc1. The molecule has 1 amide bonds. The van der Waals surface area contributed by atoms with Gasteiger partial charge in [-0.3, -0.25) is 14.6 Å². The molecule has 6 nitrogen and oxygen atoms in total. The first-order valence-corrected chi connectivity index (χ1v) is 13.2. The summed E-state index contributed by atoms with van der Waals surface area (Å²) in [7, 11) is 0. The quantitative estimate of drug-likeness (QED) is 0.328. The highest BCUT2D eigenvalue weighted by atomic mass is 35.5. The lowest BCUT2D eigenvalue weighted by Crippen LogP contribution is -2.43. The number of aromatic nitrogens is 1. The van der Waals surface area contributed by atoms with Crippen molar-refractivity contribution in [3.8, 4) is 5.75 Å². The summed E-state index contributed by atoms with van der Waals surface area (Å²) < 4.78 is 12.3. The maximum Gasteiger partial charge on any atom is 0.260 e. The maximum absolute atomic E-state index is 13.6. The highest BCUT2D eigenvalue weighted by Crippen LogP contribution is 2.33. The van der Waals surface area contributed by atoms with E-state index in [-0.39, 0.29) is 5.91 Å². The zero-order valence-corrected chi connectivity index (χ0v) is 21.5. The van der Waals surface area contributed by atoms with Crippen molar-refractivity contribution in [3.05, 3.63) is 52.5 Å². The monoisotopic (exact) mass is 501 g/mol. The second kappa shape index (κ2) is 12.0. The van der Waals surface area contributed by atoms with Gasteiger partial charge in [-0.25, -0.2) is 4.98 Å². The molecule has 0 N–H and O–H groups in total. The Morgan fingerprint density at radius 1 is 1.21 bits per heavy atom. The van der Waals surface area contributed by atoms with Gasteiger partial charge in [-0.2, -0.15) is 0 Å². The summed E-state index contributed by atoms with van der Waals surface area (Å²) in [5.74, 6) is 0.728. The molecule has 1 aromatic heterocycles. The Labute approximate surface area is 210 Å². The third-order valence-corrected chi connectivity index (χ3v) is 7.22. The molecule has 0 spiro atoms. The first kappa shape index (κ1) is 24.9. The van der Waals surface area contributed by atoms with Gasteiger partial charge >= 0.3 is 0 Å². The van der Waals surface area contributed by atoms with Crippen molar-refractivity contribution in [2.75, 3.05) is 50.9 Å². The van der Waals surface area contributed by atoms with Crippen LogP contribution in [0.15, 0.2) is 36.4 Å². The van der Waals surface area contributed by atoms with Crippen LogP contribution >= 0.6 is 22.9 Å². The van der Waals surface area contributed by atoms with E-state index in [9.17, 15) is 4.79 Å². The molecule has 34 heavy (non-hydrogen) atoms. The van der Waals surface area contributed by atoms with Crippen LogP contribution in [0, 0.1) is 6.92 Å². The third kappa shape index (κ3) is 6.27. The number of carbonyl (C=O) groups is 1. The molecule has 0 radical (unpaired) electrons. The van der Waals surface area contributed by atoms with Crippen molar-refractivity contribution in [2.24, 2.45) is 0 Å². The number of thiazole rings is 1. The summed E-state index contributed by atoms with van der Waals surface area (Å²) in [4.78, 5) is 22.6. The molecule has 1 saturated heterocycles. The number of morpholine rings is 1. The number of carbonyl (C=O) groups excluding carboxylic acids is 1. The molecule has 0 unspecified atom stereocenters. The molecular formula is C26H32ClN3O3S. The van der Waals surface area contributed by atoms with Crippen LogP contribution in [0.2, 0.25) is 5.02 Å². The van der Waals surface area contributed by atoms with E-state index in [1.54, 1.807) is 4.90 Å². The first-order valence-electron chi connectivity index (χ1n) is 12.0. The summed E-state index contributed by atoms with van der Waals surface area (Å²) >= 11 is 7.77. The first-order chi connectivity index (χ1) is 16.5. The molecule has 1 aliphatic heterocycles. The number of hydrogen-bond donors (Lipinski definition) is 0. The molecule has 182 valence electrons. The van der Waals surface area contributed by atoms with Crippen LogP contribution in [0.25, 0.3) is 10.2 Å². The van der Waals surface area contributed by atoms with E-state index in [0.29, 0.717) is 28.9 Å². The maximum atomic E-state index is 13.6. The minimum Gasteiger partial charge on any atom is -0.494 e. The predicted octanol–water partition coefficient (Wildman–Crippen LogP) is 5.81. The summed E-state index contributed by atoms with van der Waals surface area (Å²) in [6.45, 7) is 9.40. The van der Waals surface area contributed by atoms with Gasteiger partial charge in [0.15, 0.2) is 5.13 Å². The number of rotatable bonds is 10. The van der Waals surface area contributed by atoms with Crippen molar-refractivity contribution < 1.29 is 14.3 Å². The van der Waals surface area contributed by atoms with Crippen molar-refractivity contribution in [3.63, 3.8) is 0 Å². The van der Waals surface area contributed by atoms with Gasteiger partial charge in [-0.05, 0) is 55.3 Å². The van der Waals surface area contributed by atoms with E-state index < -0.39 is 0 Å². The fraction of sp³-hybridized carbons (Fsp3) is 0.462. The number of halogens is 1. The number of benzene rings is 2. The zero-order valence-electron chi connectivity index (χ0n) is 19.9. The van der Waals surface area contributed by atoms with Crippen LogP contribution in [0.4, 0.5) is 5.13 Å². The average Bonchev–Trinajstić information content (AvgIpc) is 3.27. The number of nitrogens with zero attached hydrogens (tertiary/aromatic N) is 3. The standard InChI is InChI=1S/C26H32ClN3O3S/c1-3-4-5-14-33-22-8-6-20(7-9-22)25(31)30(11-10-29-12-15-32-16-13-29)26-28-24-19(2)17-21(27)18-23(24)34-26/h6-9,17-18H,3-5,10-16H2,1-2H3. The van der Waals surface area contributed by atoms with E-state index in [1.807, 2.05) is 43.3 Å².